The number of nitrogens with one attached hydrogen (secondary N) is 3. The number of amides is 2. The Labute approximate surface area is 178 Å². The summed E-state index contributed by atoms with van der Waals surface area (Å²) >= 11 is 3.47. The molecule has 1 saturated heterocycles. The lowest BCUT2D eigenvalue weighted by Crippen LogP contribution is -2.43. The molecule has 152 valence electrons. The summed E-state index contributed by atoms with van der Waals surface area (Å²) in [6, 6.07) is 5.92. The molecule has 0 aliphatic carbocycles. The molecule has 0 radical (unpaired) electrons. The molecule has 0 saturated carbocycles. The van der Waals surface area contributed by atoms with Gasteiger partial charge < -0.3 is 20.5 Å². The number of aromatic amines is 1. The maximum atomic E-state index is 12.9. The Balaban J connectivity index is 1.61. The fourth-order valence-corrected chi connectivity index (χ4v) is 4.48. The van der Waals surface area contributed by atoms with Crippen molar-refractivity contribution in [3.63, 3.8) is 0 Å². The average molecular weight is 457 g/mol. The third kappa shape index (κ3) is 3.89. The number of likely N-dealkylation sites (tertiary alicyclic amines) is 1. The maximum absolute atomic E-state index is 12.9. The third-order valence-corrected chi connectivity index (χ3v) is 6.30. The summed E-state index contributed by atoms with van der Waals surface area (Å²) in [6.45, 7) is 5.82. The van der Waals surface area contributed by atoms with Crippen LogP contribution in [0, 0.1) is 13.8 Å². The minimum Gasteiger partial charge on any atom is -0.358 e. The molecule has 4 rings (SSSR count). The number of carbonyl (C=O) groups excluding carboxylic acids is 2. The number of hydrogen-bond acceptors (Lipinski definition) is 3. The molecule has 0 spiro atoms. The quantitative estimate of drug-likeness (QED) is 0.615. The lowest BCUT2D eigenvalue weighted by Gasteiger charge is -2.29. The average Bonchev–Trinajstić information content (AvgIpc) is 3.13. The SMILES string of the molecule is Cc1[nH]c(/C=C2/C(=O)Nc3ccc(Br)cc32)c(C)c1C(=O)NC1CCN(C)CC1. The monoisotopic (exact) mass is 456 g/mol. The summed E-state index contributed by atoms with van der Waals surface area (Å²) in [5.41, 5.74) is 5.37. The molecule has 0 atom stereocenters. The van der Waals surface area contributed by atoms with Crippen LogP contribution in [0.25, 0.3) is 11.6 Å². The van der Waals surface area contributed by atoms with Crippen LogP contribution in [0.15, 0.2) is 22.7 Å². The van der Waals surface area contributed by atoms with Gasteiger partial charge in [0.05, 0.1) is 11.1 Å². The topological polar surface area (TPSA) is 77.2 Å². The second-order valence-corrected chi connectivity index (χ2v) is 8.83. The van der Waals surface area contributed by atoms with Crippen LogP contribution >= 0.6 is 15.9 Å². The number of fused-ring (bicyclic) bond motifs is 1. The third-order valence-electron chi connectivity index (χ3n) is 5.81. The molecule has 1 aromatic carbocycles. The van der Waals surface area contributed by atoms with Crippen LogP contribution in [0.5, 0.6) is 0 Å². The van der Waals surface area contributed by atoms with E-state index in [4.69, 9.17) is 0 Å². The number of H-pyrrole nitrogens is 1. The van der Waals surface area contributed by atoms with E-state index in [2.05, 4.69) is 43.5 Å². The highest BCUT2D eigenvalue weighted by atomic mass is 79.9. The lowest BCUT2D eigenvalue weighted by atomic mass is 10.0. The summed E-state index contributed by atoms with van der Waals surface area (Å²) in [7, 11) is 2.11. The normalized spacial score (nSPS) is 18.8. The Morgan fingerprint density at radius 2 is 2.00 bits per heavy atom. The summed E-state index contributed by atoms with van der Waals surface area (Å²) in [5, 5.41) is 6.08. The zero-order valence-electron chi connectivity index (χ0n) is 16.9. The Hall–Kier alpha value is -2.38. The second kappa shape index (κ2) is 7.80. The first-order valence-electron chi connectivity index (χ1n) is 9.85. The van der Waals surface area contributed by atoms with E-state index >= 15 is 0 Å². The van der Waals surface area contributed by atoms with E-state index in [1.807, 2.05) is 38.1 Å². The van der Waals surface area contributed by atoms with E-state index in [1.54, 1.807) is 0 Å². The molecule has 0 unspecified atom stereocenters. The number of halogens is 1. The van der Waals surface area contributed by atoms with Gasteiger partial charge in [-0.2, -0.15) is 0 Å². The molecule has 1 aromatic heterocycles. The lowest BCUT2D eigenvalue weighted by molar-refractivity contribution is -0.110. The molecule has 3 N–H and O–H groups in total. The van der Waals surface area contributed by atoms with Gasteiger partial charge in [-0.05, 0) is 76.7 Å². The first kappa shape index (κ1) is 19.9. The van der Waals surface area contributed by atoms with Gasteiger partial charge in [-0.1, -0.05) is 15.9 Å². The molecule has 2 aliphatic rings. The van der Waals surface area contributed by atoms with Crippen molar-refractivity contribution in [2.24, 2.45) is 0 Å². The number of benzene rings is 1. The fraction of sp³-hybridized carbons (Fsp3) is 0.364. The standard InChI is InChI=1S/C22H25BrN4O2/c1-12-19(11-17-16-10-14(23)4-5-18(16)26-21(17)28)24-13(2)20(12)22(29)25-15-6-8-27(3)9-7-15/h4-5,10-11,15,24H,6-9H2,1-3H3,(H,25,29)(H,26,28)/b17-11+. The summed E-state index contributed by atoms with van der Waals surface area (Å²) < 4.78 is 0.913. The molecule has 2 amide bonds. The molecule has 7 heteroatoms. The van der Waals surface area contributed by atoms with Crippen molar-refractivity contribution in [2.45, 2.75) is 32.7 Å². The summed E-state index contributed by atoms with van der Waals surface area (Å²) in [6.07, 6.45) is 3.77. The fourth-order valence-electron chi connectivity index (χ4n) is 4.12. The number of aromatic nitrogens is 1. The Morgan fingerprint density at radius 1 is 1.28 bits per heavy atom. The highest BCUT2D eigenvalue weighted by Crippen LogP contribution is 2.35. The number of hydrogen-bond donors (Lipinski definition) is 3. The van der Waals surface area contributed by atoms with Gasteiger partial charge in [0, 0.05) is 33.2 Å². The Morgan fingerprint density at radius 3 is 2.72 bits per heavy atom. The van der Waals surface area contributed by atoms with E-state index in [-0.39, 0.29) is 17.9 Å². The van der Waals surface area contributed by atoms with Crippen molar-refractivity contribution in [3.8, 4) is 0 Å². The highest BCUT2D eigenvalue weighted by Gasteiger charge is 2.26. The summed E-state index contributed by atoms with van der Waals surface area (Å²) in [4.78, 5) is 31.0. The number of anilines is 1. The molecule has 29 heavy (non-hydrogen) atoms. The molecule has 2 aromatic rings. The largest absolute Gasteiger partial charge is 0.358 e. The van der Waals surface area contributed by atoms with Crippen molar-refractivity contribution in [1.29, 1.82) is 0 Å². The van der Waals surface area contributed by atoms with Gasteiger partial charge in [-0.25, -0.2) is 0 Å². The number of rotatable bonds is 3. The Kier molecular flexibility index (Phi) is 5.36. The van der Waals surface area contributed by atoms with Crippen LogP contribution in [0.1, 0.15) is 45.7 Å². The van der Waals surface area contributed by atoms with Crippen LogP contribution in [0.4, 0.5) is 5.69 Å². The second-order valence-electron chi connectivity index (χ2n) is 7.92. The van der Waals surface area contributed by atoms with Crippen LogP contribution in [-0.2, 0) is 4.79 Å². The van der Waals surface area contributed by atoms with Crippen LogP contribution < -0.4 is 10.6 Å². The van der Waals surface area contributed by atoms with Crippen LogP contribution in [0.2, 0.25) is 0 Å². The van der Waals surface area contributed by atoms with E-state index in [1.165, 1.54) is 0 Å². The number of aryl methyl sites for hydroxylation is 1. The molecular weight excluding hydrogens is 432 g/mol. The van der Waals surface area contributed by atoms with Crippen molar-refractivity contribution < 1.29 is 9.59 Å². The number of carbonyl (C=O) groups is 2. The minimum absolute atomic E-state index is 0.0468. The van der Waals surface area contributed by atoms with Crippen molar-refractivity contribution in [1.82, 2.24) is 15.2 Å². The van der Waals surface area contributed by atoms with E-state index in [0.29, 0.717) is 11.1 Å². The maximum Gasteiger partial charge on any atom is 0.256 e. The first-order chi connectivity index (χ1) is 13.8. The molecule has 0 bridgehead atoms. The predicted molar refractivity (Wildman–Crippen MR) is 119 cm³/mol. The summed E-state index contributed by atoms with van der Waals surface area (Å²) in [5.74, 6) is -0.184. The van der Waals surface area contributed by atoms with E-state index in [9.17, 15) is 9.59 Å². The van der Waals surface area contributed by atoms with Gasteiger partial charge in [0.25, 0.3) is 11.8 Å². The number of nitrogens with zero attached hydrogens (tertiary/aromatic N) is 1. The highest BCUT2D eigenvalue weighted by molar-refractivity contribution is 9.10. The molecular formula is C22H25BrN4O2. The molecule has 2 aliphatic heterocycles. The van der Waals surface area contributed by atoms with Crippen molar-refractivity contribution in [3.05, 3.63) is 50.8 Å². The molecule has 1 fully saturated rings. The molecule has 6 nitrogen and oxygen atoms in total. The van der Waals surface area contributed by atoms with Gasteiger partial charge in [0.1, 0.15) is 0 Å². The zero-order valence-corrected chi connectivity index (χ0v) is 18.4. The van der Waals surface area contributed by atoms with Gasteiger partial charge in [-0.3, -0.25) is 9.59 Å². The minimum atomic E-state index is -0.137. The van der Waals surface area contributed by atoms with Gasteiger partial charge >= 0.3 is 0 Å². The smallest absolute Gasteiger partial charge is 0.256 e. The van der Waals surface area contributed by atoms with Crippen molar-refractivity contribution >= 4 is 45.1 Å². The Bertz CT molecular complexity index is 1020. The van der Waals surface area contributed by atoms with Gasteiger partial charge in [0.15, 0.2) is 0 Å². The zero-order chi connectivity index (χ0) is 20.7. The number of piperidine rings is 1. The molecule has 3 heterocycles. The van der Waals surface area contributed by atoms with Crippen LogP contribution in [-0.4, -0.2) is 47.9 Å². The van der Waals surface area contributed by atoms with Gasteiger partial charge in [-0.15, -0.1) is 0 Å². The predicted octanol–water partition coefficient (Wildman–Crippen LogP) is 3.71. The van der Waals surface area contributed by atoms with E-state index in [0.717, 1.165) is 58.6 Å². The van der Waals surface area contributed by atoms with E-state index < -0.39 is 0 Å². The van der Waals surface area contributed by atoms with Gasteiger partial charge in [0.2, 0.25) is 0 Å². The van der Waals surface area contributed by atoms with Crippen LogP contribution in [0.3, 0.4) is 0 Å². The first-order valence-corrected chi connectivity index (χ1v) is 10.6. The van der Waals surface area contributed by atoms with Crippen molar-refractivity contribution in [2.75, 3.05) is 25.5 Å².